The van der Waals surface area contributed by atoms with E-state index in [2.05, 4.69) is 27.0 Å². The van der Waals surface area contributed by atoms with Crippen molar-refractivity contribution in [1.29, 1.82) is 0 Å². The Morgan fingerprint density at radius 1 is 1.10 bits per heavy atom. The highest BCUT2D eigenvalue weighted by molar-refractivity contribution is 5.02. The first kappa shape index (κ1) is 15.4. The summed E-state index contributed by atoms with van der Waals surface area (Å²) in [6, 6.07) is 0.205. The minimum Gasteiger partial charge on any atom is -0.354 e. The number of fused-ring (bicyclic) bond motifs is 1. The van der Waals surface area contributed by atoms with Crippen molar-refractivity contribution in [1.82, 2.24) is 20.1 Å². The average Bonchev–Trinajstić information content (AvgIpc) is 2.69. The quantitative estimate of drug-likeness (QED) is 0.804. The second-order valence-corrected chi connectivity index (χ2v) is 5.45. The fourth-order valence-electron chi connectivity index (χ4n) is 2.88. The van der Waals surface area contributed by atoms with E-state index >= 15 is 0 Å². The third kappa shape index (κ3) is 3.37. The second-order valence-electron chi connectivity index (χ2n) is 5.45. The van der Waals surface area contributed by atoms with Crippen molar-refractivity contribution in [2.75, 3.05) is 14.2 Å². The van der Waals surface area contributed by atoms with Crippen molar-refractivity contribution in [3.8, 4) is 0 Å². The van der Waals surface area contributed by atoms with E-state index in [1.807, 2.05) is 6.92 Å². The van der Waals surface area contributed by atoms with Gasteiger partial charge in [0.1, 0.15) is 11.6 Å². The van der Waals surface area contributed by atoms with Crippen LogP contribution in [0.4, 0.5) is 0 Å². The molecule has 6 heteroatoms. The van der Waals surface area contributed by atoms with Crippen molar-refractivity contribution >= 4 is 0 Å². The van der Waals surface area contributed by atoms with E-state index in [1.165, 1.54) is 19.3 Å². The molecule has 20 heavy (non-hydrogen) atoms. The molecule has 0 saturated heterocycles. The van der Waals surface area contributed by atoms with Gasteiger partial charge in [-0.2, -0.15) is 0 Å². The topological polar surface area (TPSA) is 61.2 Å². The van der Waals surface area contributed by atoms with Crippen LogP contribution in [0.3, 0.4) is 0 Å². The number of rotatable bonds is 6. The van der Waals surface area contributed by atoms with Gasteiger partial charge in [-0.15, -0.1) is 10.2 Å². The van der Waals surface area contributed by atoms with Crippen molar-refractivity contribution in [3.05, 3.63) is 11.6 Å². The first-order chi connectivity index (χ1) is 9.67. The number of aryl methyl sites for hydroxylation is 1. The van der Waals surface area contributed by atoms with E-state index in [9.17, 15) is 0 Å². The summed E-state index contributed by atoms with van der Waals surface area (Å²) in [6.07, 6.45) is 4.47. The monoisotopic (exact) mass is 282 g/mol. The smallest absolute Gasteiger partial charge is 0.171 e. The van der Waals surface area contributed by atoms with Crippen molar-refractivity contribution in [2.24, 2.45) is 0 Å². The van der Waals surface area contributed by atoms with E-state index in [0.29, 0.717) is 0 Å². The third-order valence-corrected chi connectivity index (χ3v) is 3.91. The van der Waals surface area contributed by atoms with E-state index in [0.717, 1.165) is 24.6 Å². The van der Waals surface area contributed by atoms with E-state index in [1.54, 1.807) is 14.2 Å². The third-order valence-electron chi connectivity index (χ3n) is 3.91. The lowest BCUT2D eigenvalue weighted by Crippen LogP contribution is -2.41. The molecule has 6 nitrogen and oxygen atoms in total. The molecule has 0 radical (unpaired) electrons. The van der Waals surface area contributed by atoms with Crippen LogP contribution in [0.2, 0.25) is 0 Å². The van der Waals surface area contributed by atoms with Gasteiger partial charge in [0.25, 0.3) is 0 Å². The van der Waals surface area contributed by atoms with Gasteiger partial charge in [0.05, 0.1) is 12.1 Å². The molecule has 2 unspecified atom stereocenters. The Balaban J connectivity index is 2.06. The maximum atomic E-state index is 5.28. The second kappa shape index (κ2) is 7.15. The van der Waals surface area contributed by atoms with Crippen molar-refractivity contribution in [2.45, 2.75) is 64.4 Å². The van der Waals surface area contributed by atoms with Crippen LogP contribution >= 0.6 is 0 Å². The Hall–Kier alpha value is -0.980. The largest absolute Gasteiger partial charge is 0.354 e. The van der Waals surface area contributed by atoms with Crippen LogP contribution in [0.15, 0.2) is 0 Å². The molecular weight excluding hydrogens is 256 g/mol. The molecule has 1 aliphatic heterocycles. The molecule has 0 amide bonds. The van der Waals surface area contributed by atoms with Crippen LogP contribution in [0, 0.1) is 0 Å². The van der Waals surface area contributed by atoms with Gasteiger partial charge in [-0.05, 0) is 26.7 Å². The average molecular weight is 282 g/mol. The van der Waals surface area contributed by atoms with Crippen LogP contribution in [0.5, 0.6) is 0 Å². The lowest BCUT2D eigenvalue weighted by atomic mass is 10.2. The molecule has 0 bridgehead atoms. The molecule has 0 saturated carbocycles. The highest BCUT2D eigenvalue weighted by Crippen LogP contribution is 2.19. The molecule has 2 atom stereocenters. The minimum atomic E-state index is -0.260. The highest BCUT2D eigenvalue weighted by atomic mass is 16.7. The Kier molecular flexibility index (Phi) is 5.51. The van der Waals surface area contributed by atoms with Gasteiger partial charge >= 0.3 is 0 Å². The lowest BCUT2D eigenvalue weighted by molar-refractivity contribution is -0.120. The molecule has 1 N–H and O–H groups in total. The summed E-state index contributed by atoms with van der Waals surface area (Å²) in [4.78, 5) is 0. The molecule has 114 valence electrons. The molecule has 0 fully saturated rings. The zero-order valence-electron chi connectivity index (χ0n) is 12.9. The number of ether oxygens (including phenoxy) is 2. The first-order valence-corrected chi connectivity index (χ1v) is 7.41. The SMILES string of the molecule is COC(OC)C(C)NC(C)c1nnc2n1CCCCC2. The molecule has 1 aliphatic rings. The van der Waals surface area contributed by atoms with Crippen LogP contribution in [0.25, 0.3) is 0 Å². The van der Waals surface area contributed by atoms with Gasteiger partial charge < -0.3 is 19.4 Å². The Bertz CT molecular complexity index is 417. The van der Waals surface area contributed by atoms with Crippen molar-refractivity contribution < 1.29 is 9.47 Å². The molecule has 0 aromatic carbocycles. The number of methoxy groups -OCH3 is 2. The zero-order valence-corrected chi connectivity index (χ0v) is 12.9. The lowest BCUT2D eigenvalue weighted by Gasteiger charge is -2.25. The molecule has 1 aromatic rings. The fourth-order valence-corrected chi connectivity index (χ4v) is 2.88. The summed E-state index contributed by atoms with van der Waals surface area (Å²) in [7, 11) is 3.31. The van der Waals surface area contributed by atoms with Crippen LogP contribution in [-0.2, 0) is 22.4 Å². The van der Waals surface area contributed by atoms with Gasteiger partial charge in [-0.3, -0.25) is 0 Å². The summed E-state index contributed by atoms with van der Waals surface area (Å²) >= 11 is 0. The summed E-state index contributed by atoms with van der Waals surface area (Å²) in [5.74, 6) is 2.13. The normalized spacial score (nSPS) is 18.6. The van der Waals surface area contributed by atoms with E-state index in [-0.39, 0.29) is 18.4 Å². The van der Waals surface area contributed by atoms with Gasteiger partial charge in [-0.1, -0.05) is 6.42 Å². The van der Waals surface area contributed by atoms with Crippen LogP contribution in [-0.4, -0.2) is 41.3 Å². The minimum absolute atomic E-state index is 0.0822. The zero-order chi connectivity index (χ0) is 14.5. The maximum Gasteiger partial charge on any atom is 0.171 e. The Morgan fingerprint density at radius 2 is 1.85 bits per heavy atom. The number of nitrogens with one attached hydrogen (secondary N) is 1. The number of hydrogen-bond donors (Lipinski definition) is 1. The van der Waals surface area contributed by atoms with Crippen LogP contribution in [0.1, 0.15) is 50.8 Å². The molecule has 0 spiro atoms. The van der Waals surface area contributed by atoms with Gasteiger partial charge in [0.2, 0.25) is 0 Å². The molecular formula is C14H26N4O2. The molecule has 2 heterocycles. The van der Waals surface area contributed by atoms with Crippen molar-refractivity contribution in [3.63, 3.8) is 0 Å². The summed E-state index contributed by atoms with van der Waals surface area (Å²) in [5.41, 5.74) is 0. The predicted octanol–water partition coefficient (Wildman–Crippen LogP) is 1.66. The maximum absolute atomic E-state index is 5.28. The predicted molar refractivity (Wildman–Crippen MR) is 76.4 cm³/mol. The van der Waals surface area contributed by atoms with Crippen LogP contribution < -0.4 is 5.32 Å². The van der Waals surface area contributed by atoms with Gasteiger partial charge in [-0.25, -0.2) is 0 Å². The van der Waals surface area contributed by atoms with E-state index in [4.69, 9.17) is 9.47 Å². The Labute approximate surface area is 120 Å². The fraction of sp³-hybridized carbons (Fsp3) is 0.857. The Morgan fingerprint density at radius 3 is 2.55 bits per heavy atom. The summed E-state index contributed by atoms with van der Waals surface area (Å²) in [6.45, 7) is 5.19. The van der Waals surface area contributed by atoms with Gasteiger partial charge in [0.15, 0.2) is 6.29 Å². The first-order valence-electron chi connectivity index (χ1n) is 7.41. The standard InChI is InChI=1S/C14H26N4O2/c1-10(15-11(2)14(19-3)20-4)13-17-16-12-8-6-5-7-9-18(12)13/h10-11,14-15H,5-9H2,1-4H3. The number of hydrogen-bond acceptors (Lipinski definition) is 5. The number of nitrogens with zero attached hydrogens (tertiary/aromatic N) is 3. The van der Waals surface area contributed by atoms with Gasteiger partial charge in [0, 0.05) is 27.2 Å². The summed E-state index contributed by atoms with van der Waals surface area (Å²) in [5, 5.41) is 12.2. The number of aromatic nitrogens is 3. The molecule has 2 rings (SSSR count). The highest BCUT2D eigenvalue weighted by Gasteiger charge is 2.23. The summed E-state index contributed by atoms with van der Waals surface area (Å²) < 4.78 is 12.8. The molecule has 1 aromatic heterocycles. The van der Waals surface area contributed by atoms with E-state index < -0.39 is 0 Å². The molecule has 0 aliphatic carbocycles.